The quantitative estimate of drug-likeness (QED) is 0.861. The highest BCUT2D eigenvalue weighted by atomic mass is 35.5. The molecule has 0 aliphatic carbocycles. The average molecular weight is 241 g/mol. The molecule has 86 valence electrons. The number of carbonyl (C=O) groups is 1. The minimum Gasteiger partial charge on any atom is -0.378 e. The molecule has 1 amide bonds. The summed E-state index contributed by atoms with van der Waals surface area (Å²) in [6.07, 6.45) is 3.85. The topological polar surface area (TPSA) is 51.2 Å². The summed E-state index contributed by atoms with van der Waals surface area (Å²) in [5.74, 6) is -0.156. The minimum atomic E-state index is -0.101. The van der Waals surface area contributed by atoms with Crippen molar-refractivity contribution in [1.29, 1.82) is 0 Å². The Bertz CT molecular complexity index is 397. The number of ether oxygens (including phenoxy) is 1. The van der Waals surface area contributed by atoms with Gasteiger partial charge in [-0.2, -0.15) is 0 Å². The van der Waals surface area contributed by atoms with Gasteiger partial charge < -0.3 is 10.1 Å². The molecule has 1 aliphatic heterocycles. The summed E-state index contributed by atoms with van der Waals surface area (Å²) in [4.78, 5) is 15.8. The average Bonchev–Trinajstić information content (AvgIpc) is 2.68. The Labute approximate surface area is 99.0 Å². The number of aromatic nitrogens is 1. The van der Waals surface area contributed by atoms with E-state index in [0.717, 1.165) is 6.42 Å². The first-order valence-electron chi connectivity index (χ1n) is 5.20. The molecule has 0 bridgehead atoms. The molecular formula is C11H13ClN2O2. The van der Waals surface area contributed by atoms with Crippen molar-refractivity contribution >= 4 is 23.2 Å². The van der Waals surface area contributed by atoms with E-state index in [-0.39, 0.29) is 17.9 Å². The molecular weight excluding hydrogens is 228 g/mol. The van der Waals surface area contributed by atoms with Gasteiger partial charge in [-0.1, -0.05) is 11.6 Å². The van der Waals surface area contributed by atoms with E-state index in [4.69, 9.17) is 16.3 Å². The summed E-state index contributed by atoms with van der Waals surface area (Å²) in [5, 5.41) is 3.26. The number of anilines is 1. The van der Waals surface area contributed by atoms with Crippen molar-refractivity contribution in [2.24, 2.45) is 5.92 Å². The van der Waals surface area contributed by atoms with Crippen LogP contribution in [0.5, 0.6) is 0 Å². The summed E-state index contributed by atoms with van der Waals surface area (Å²) < 4.78 is 5.35. The third-order valence-electron chi connectivity index (χ3n) is 2.74. The van der Waals surface area contributed by atoms with Gasteiger partial charge in [0.15, 0.2) is 0 Å². The Morgan fingerprint density at radius 3 is 3.12 bits per heavy atom. The van der Waals surface area contributed by atoms with Crippen LogP contribution in [0.3, 0.4) is 0 Å². The number of pyridine rings is 1. The third-order valence-corrected chi connectivity index (χ3v) is 3.07. The smallest absolute Gasteiger partial charge is 0.230 e. The highest BCUT2D eigenvalue weighted by molar-refractivity contribution is 6.33. The molecule has 1 N–H and O–H groups in total. The summed E-state index contributed by atoms with van der Waals surface area (Å²) in [7, 11) is 0. The highest BCUT2D eigenvalue weighted by Crippen LogP contribution is 2.24. The van der Waals surface area contributed by atoms with Crippen molar-refractivity contribution in [1.82, 2.24) is 4.98 Å². The maximum absolute atomic E-state index is 11.9. The van der Waals surface area contributed by atoms with Crippen molar-refractivity contribution in [3.63, 3.8) is 0 Å². The Balaban J connectivity index is 2.05. The zero-order valence-corrected chi connectivity index (χ0v) is 9.70. The minimum absolute atomic E-state index is 0.0320. The number of hydrogen-bond donors (Lipinski definition) is 1. The van der Waals surface area contributed by atoms with Crippen LogP contribution in [0.4, 0.5) is 5.69 Å². The van der Waals surface area contributed by atoms with E-state index in [9.17, 15) is 4.79 Å². The van der Waals surface area contributed by atoms with Crippen molar-refractivity contribution in [3.8, 4) is 0 Å². The molecule has 1 fully saturated rings. The van der Waals surface area contributed by atoms with Crippen LogP contribution >= 0.6 is 11.6 Å². The van der Waals surface area contributed by atoms with Gasteiger partial charge in [-0.25, -0.2) is 0 Å². The number of rotatable bonds is 2. The normalized spacial score (nSPS) is 24.4. The monoisotopic (exact) mass is 240 g/mol. The first-order chi connectivity index (χ1) is 7.68. The SMILES string of the molecule is CC1OCCC1C(=O)Nc1cnccc1Cl. The number of hydrogen-bond acceptors (Lipinski definition) is 3. The fraction of sp³-hybridized carbons (Fsp3) is 0.455. The van der Waals surface area contributed by atoms with E-state index in [2.05, 4.69) is 10.3 Å². The van der Waals surface area contributed by atoms with Gasteiger partial charge >= 0.3 is 0 Å². The molecule has 1 saturated heterocycles. The molecule has 4 nitrogen and oxygen atoms in total. The molecule has 0 spiro atoms. The van der Waals surface area contributed by atoms with E-state index in [0.29, 0.717) is 17.3 Å². The predicted octanol–water partition coefficient (Wildman–Crippen LogP) is 2.10. The van der Waals surface area contributed by atoms with Gasteiger partial charge in [-0.15, -0.1) is 0 Å². The Morgan fingerprint density at radius 1 is 1.69 bits per heavy atom. The number of halogens is 1. The van der Waals surface area contributed by atoms with E-state index in [1.165, 1.54) is 0 Å². The second-order valence-electron chi connectivity index (χ2n) is 3.82. The van der Waals surface area contributed by atoms with Crippen LogP contribution in [0, 0.1) is 5.92 Å². The van der Waals surface area contributed by atoms with Crippen LogP contribution in [0.2, 0.25) is 5.02 Å². The van der Waals surface area contributed by atoms with E-state index >= 15 is 0 Å². The molecule has 0 saturated carbocycles. The van der Waals surface area contributed by atoms with Crippen LogP contribution in [0.15, 0.2) is 18.5 Å². The molecule has 1 aromatic heterocycles. The summed E-state index contributed by atoms with van der Waals surface area (Å²) in [5.41, 5.74) is 0.549. The second kappa shape index (κ2) is 4.80. The number of nitrogens with one attached hydrogen (secondary N) is 1. The van der Waals surface area contributed by atoms with Gasteiger partial charge in [-0.3, -0.25) is 9.78 Å². The summed E-state index contributed by atoms with van der Waals surface area (Å²) in [6, 6.07) is 1.64. The van der Waals surface area contributed by atoms with Crippen LogP contribution in [-0.4, -0.2) is 23.6 Å². The maximum Gasteiger partial charge on any atom is 0.230 e. The molecule has 2 heterocycles. The van der Waals surface area contributed by atoms with Gasteiger partial charge in [0.2, 0.25) is 5.91 Å². The Kier molecular flexibility index (Phi) is 3.41. The zero-order valence-electron chi connectivity index (χ0n) is 8.94. The van der Waals surface area contributed by atoms with E-state index < -0.39 is 0 Å². The second-order valence-corrected chi connectivity index (χ2v) is 4.22. The van der Waals surface area contributed by atoms with Crippen LogP contribution in [0.25, 0.3) is 0 Å². The molecule has 1 aromatic rings. The van der Waals surface area contributed by atoms with Gasteiger partial charge in [0, 0.05) is 12.8 Å². The maximum atomic E-state index is 11.9. The predicted molar refractivity (Wildman–Crippen MR) is 61.4 cm³/mol. The fourth-order valence-electron chi connectivity index (χ4n) is 1.77. The van der Waals surface area contributed by atoms with Crippen LogP contribution in [0.1, 0.15) is 13.3 Å². The fourth-order valence-corrected chi connectivity index (χ4v) is 1.92. The number of nitrogens with zero attached hydrogens (tertiary/aromatic N) is 1. The van der Waals surface area contributed by atoms with Crippen molar-refractivity contribution < 1.29 is 9.53 Å². The van der Waals surface area contributed by atoms with Crippen molar-refractivity contribution in [2.75, 3.05) is 11.9 Å². The number of carbonyl (C=O) groups excluding carboxylic acids is 1. The summed E-state index contributed by atoms with van der Waals surface area (Å²) in [6.45, 7) is 2.54. The molecule has 0 aromatic carbocycles. The van der Waals surface area contributed by atoms with Gasteiger partial charge in [-0.05, 0) is 19.4 Å². The first kappa shape index (κ1) is 11.4. The lowest BCUT2D eigenvalue weighted by Crippen LogP contribution is -2.27. The van der Waals surface area contributed by atoms with E-state index in [1.54, 1.807) is 18.5 Å². The standard InChI is InChI=1S/C11H13ClN2O2/c1-7-8(3-5-16-7)11(15)14-10-6-13-4-2-9(10)12/h2,4,6-8H,3,5H2,1H3,(H,14,15). The third kappa shape index (κ3) is 2.33. The molecule has 2 atom stereocenters. The van der Waals surface area contributed by atoms with Crippen molar-refractivity contribution in [2.45, 2.75) is 19.4 Å². The highest BCUT2D eigenvalue weighted by Gasteiger charge is 2.30. The Morgan fingerprint density at radius 2 is 2.50 bits per heavy atom. The molecule has 16 heavy (non-hydrogen) atoms. The van der Waals surface area contributed by atoms with Gasteiger partial charge in [0.1, 0.15) is 0 Å². The van der Waals surface area contributed by atoms with Crippen molar-refractivity contribution in [3.05, 3.63) is 23.5 Å². The van der Waals surface area contributed by atoms with Gasteiger partial charge in [0.05, 0.1) is 28.9 Å². The first-order valence-corrected chi connectivity index (χ1v) is 5.58. The lowest BCUT2D eigenvalue weighted by Gasteiger charge is -2.14. The van der Waals surface area contributed by atoms with Gasteiger partial charge in [0.25, 0.3) is 0 Å². The molecule has 5 heteroatoms. The zero-order chi connectivity index (χ0) is 11.5. The number of amides is 1. The molecule has 2 unspecified atom stereocenters. The largest absolute Gasteiger partial charge is 0.378 e. The molecule has 0 radical (unpaired) electrons. The molecule has 2 rings (SSSR count). The van der Waals surface area contributed by atoms with Crippen LogP contribution in [-0.2, 0) is 9.53 Å². The van der Waals surface area contributed by atoms with E-state index in [1.807, 2.05) is 6.92 Å². The lowest BCUT2D eigenvalue weighted by molar-refractivity contribution is -0.121. The molecule has 1 aliphatic rings. The Hall–Kier alpha value is -1.13. The summed E-state index contributed by atoms with van der Waals surface area (Å²) >= 11 is 5.93. The lowest BCUT2D eigenvalue weighted by atomic mass is 10.0. The van der Waals surface area contributed by atoms with Crippen LogP contribution < -0.4 is 5.32 Å².